The molecule has 2 aromatic carbocycles. The first kappa shape index (κ1) is 11.5. The van der Waals surface area contributed by atoms with Crippen molar-refractivity contribution in [3.63, 3.8) is 0 Å². The van der Waals surface area contributed by atoms with Crippen molar-refractivity contribution in [3.05, 3.63) is 42.0 Å². The summed E-state index contributed by atoms with van der Waals surface area (Å²) in [6.07, 6.45) is 1.91. The highest BCUT2D eigenvalue weighted by Crippen LogP contribution is 2.51. The van der Waals surface area contributed by atoms with Gasteiger partial charge in [-0.15, -0.1) is 0 Å². The van der Waals surface area contributed by atoms with Crippen molar-refractivity contribution in [2.45, 2.75) is 31.3 Å². The van der Waals surface area contributed by atoms with Gasteiger partial charge in [-0.3, -0.25) is 0 Å². The molecule has 1 aliphatic carbocycles. The maximum absolute atomic E-state index is 9.93. The lowest BCUT2D eigenvalue weighted by Crippen LogP contribution is -2.22. The summed E-state index contributed by atoms with van der Waals surface area (Å²) >= 11 is 0. The van der Waals surface area contributed by atoms with Gasteiger partial charge >= 0.3 is 0 Å². The van der Waals surface area contributed by atoms with E-state index in [2.05, 4.69) is 24.3 Å². The van der Waals surface area contributed by atoms with Crippen molar-refractivity contribution in [2.24, 2.45) is 0 Å². The standard InChI is InChI=1S/C16H18O2/c1-11(17)16(7-8-16)14-5-3-13-10-15(18-2)6-4-12(13)9-14/h3-6,9-11,17H,7-8H2,1-2H3. The van der Waals surface area contributed by atoms with Crippen LogP contribution >= 0.6 is 0 Å². The summed E-state index contributed by atoms with van der Waals surface area (Å²) in [7, 11) is 1.68. The Bertz CT molecular complexity index is 583. The SMILES string of the molecule is COc1ccc2cc(C3(C(C)O)CC3)ccc2c1. The number of methoxy groups -OCH3 is 1. The number of aliphatic hydroxyl groups excluding tert-OH is 1. The molecule has 0 bridgehead atoms. The zero-order valence-electron chi connectivity index (χ0n) is 10.8. The quantitative estimate of drug-likeness (QED) is 0.895. The van der Waals surface area contributed by atoms with E-state index in [-0.39, 0.29) is 11.5 Å². The minimum absolute atomic E-state index is 0.00805. The third kappa shape index (κ3) is 1.68. The molecule has 18 heavy (non-hydrogen) atoms. The topological polar surface area (TPSA) is 29.5 Å². The van der Waals surface area contributed by atoms with Crippen LogP contribution in [0, 0.1) is 0 Å². The predicted molar refractivity (Wildman–Crippen MR) is 73.1 cm³/mol. The van der Waals surface area contributed by atoms with E-state index >= 15 is 0 Å². The summed E-state index contributed by atoms with van der Waals surface area (Å²) in [5.41, 5.74) is 1.27. The summed E-state index contributed by atoms with van der Waals surface area (Å²) in [5.74, 6) is 0.881. The van der Waals surface area contributed by atoms with Crippen LogP contribution in [0.5, 0.6) is 5.75 Å². The van der Waals surface area contributed by atoms with Gasteiger partial charge in [-0.05, 0) is 48.2 Å². The number of hydrogen-bond donors (Lipinski definition) is 1. The van der Waals surface area contributed by atoms with E-state index < -0.39 is 0 Å². The van der Waals surface area contributed by atoms with Crippen LogP contribution in [0.3, 0.4) is 0 Å². The smallest absolute Gasteiger partial charge is 0.119 e. The first-order chi connectivity index (χ1) is 8.65. The number of hydrogen-bond acceptors (Lipinski definition) is 2. The van der Waals surface area contributed by atoms with E-state index in [1.165, 1.54) is 16.3 Å². The second-order valence-corrected chi connectivity index (χ2v) is 5.26. The van der Waals surface area contributed by atoms with Crippen molar-refractivity contribution in [1.82, 2.24) is 0 Å². The zero-order valence-corrected chi connectivity index (χ0v) is 10.8. The first-order valence-electron chi connectivity index (χ1n) is 6.42. The number of ether oxygens (including phenoxy) is 1. The minimum Gasteiger partial charge on any atom is -0.497 e. The molecule has 1 unspecified atom stereocenters. The van der Waals surface area contributed by atoms with Gasteiger partial charge in [0.2, 0.25) is 0 Å². The molecule has 2 nitrogen and oxygen atoms in total. The second-order valence-electron chi connectivity index (χ2n) is 5.26. The molecular weight excluding hydrogens is 224 g/mol. The van der Waals surface area contributed by atoms with Crippen LogP contribution in [0.2, 0.25) is 0 Å². The summed E-state index contributed by atoms with van der Waals surface area (Å²) in [6, 6.07) is 12.6. The lowest BCUT2D eigenvalue weighted by Gasteiger charge is -2.19. The molecule has 94 valence electrons. The fraction of sp³-hybridized carbons (Fsp3) is 0.375. The Kier molecular flexibility index (Phi) is 2.56. The van der Waals surface area contributed by atoms with Gasteiger partial charge < -0.3 is 9.84 Å². The van der Waals surface area contributed by atoms with Gasteiger partial charge in [-0.1, -0.05) is 24.3 Å². The molecular formula is C16H18O2. The molecule has 1 fully saturated rings. The molecule has 1 atom stereocenters. The number of fused-ring (bicyclic) bond motifs is 1. The fourth-order valence-electron chi connectivity index (χ4n) is 2.74. The van der Waals surface area contributed by atoms with Gasteiger partial charge in [0.25, 0.3) is 0 Å². The normalized spacial score (nSPS) is 18.6. The van der Waals surface area contributed by atoms with E-state index in [9.17, 15) is 5.11 Å². The lowest BCUT2D eigenvalue weighted by atomic mass is 9.89. The van der Waals surface area contributed by atoms with Crippen LogP contribution in [0.25, 0.3) is 10.8 Å². The van der Waals surface area contributed by atoms with Gasteiger partial charge in [0.1, 0.15) is 5.75 Å². The fourth-order valence-corrected chi connectivity index (χ4v) is 2.74. The van der Waals surface area contributed by atoms with Crippen molar-refractivity contribution in [3.8, 4) is 5.75 Å². The molecule has 0 spiro atoms. The van der Waals surface area contributed by atoms with E-state index in [0.717, 1.165) is 18.6 Å². The van der Waals surface area contributed by atoms with Crippen molar-refractivity contribution in [1.29, 1.82) is 0 Å². The molecule has 3 rings (SSSR count). The Morgan fingerprint density at radius 2 is 1.78 bits per heavy atom. The van der Waals surface area contributed by atoms with Crippen LogP contribution in [0.1, 0.15) is 25.3 Å². The number of aliphatic hydroxyl groups is 1. The minimum atomic E-state index is -0.270. The van der Waals surface area contributed by atoms with E-state index in [1.54, 1.807) is 7.11 Å². The van der Waals surface area contributed by atoms with Crippen molar-refractivity contribution < 1.29 is 9.84 Å². The molecule has 1 N–H and O–H groups in total. The summed E-state index contributed by atoms with van der Waals surface area (Å²) < 4.78 is 5.23. The average Bonchev–Trinajstić information content (AvgIpc) is 3.19. The Morgan fingerprint density at radius 3 is 2.39 bits per heavy atom. The van der Waals surface area contributed by atoms with Crippen LogP contribution in [-0.2, 0) is 5.41 Å². The molecule has 0 heterocycles. The first-order valence-corrected chi connectivity index (χ1v) is 6.42. The van der Waals surface area contributed by atoms with Crippen molar-refractivity contribution in [2.75, 3.05) is 7.11 Å². The summed E-state index contributed by atoms with van der Waals surface area (Å²) in [6.45, 7) is 1.89. The van der Waals surface area contributed by atoms with E-state index in [0.29, 0.717) is 0 Å². The highest BCUT2D eigenvalue weighted by molar-refractivity contribution is 5.85. The predicted octanol–water partition coefficient (Wildman–Crippen LogP) is 3.26. The van der Waals surface area contributed by atoms with Crippen LogP contribution in [0.15, 0.2) is 36.4 Å². The Balaban J connectivity index is 2.07. The molecule has 0 aliphatic heterocycles. The number of benzene rings is 2. The molecule has 0 radical (unpaired) electrons. The van der Waals surface area contributed by atoms with Gasteiger partial charge in [0.15, 0.2) is 0 Å². The zero-order chi connectivity index (χ0) is 12.8. The largest absolute Gasteiger partial charge is 0.497 e. The van der Waals surface area contributed by atoms with Crippen molar-refractivity contribution >= 4 is 10.8 Å². The molecule has 2 heteroatoms. The lowest BCUT2D eigenvalue weighted by molar-refractivity contribution is 0.151. The third-order valence-corrected chi connectivity index (χ3v) is 4.21. The Labute approximate surface area is 107 Å². The van der Waals surface area contributed by atoms with Crippen LogP contribution < -0.4 is 4.74 Å². The maximum Gasteiger partial charge on any atom is 0.119 e. The molecule has 1 saturated carbocycles. The highest BCUT2D eigenvalue weighted by Gasteiger charge is 2.48. The second kappa shape index (κ2) is 3.99. The number of rotatable bonds is 3. The monoisotopic (exact) mass is 242 g/mol. The highest BCUT2D eigenvalue weighted by atomic mass is 16.5. The molecule has 0 amide bonds. The average molecular weight is 242 g/mol. The van der Waals surface area contributed by atoms with Crippen LogP contribution in [-0.4, -0.2) is 18.3 Å². The molecule has 0 aromatic heterocycles. The Morgan fingerprint density at radius 1 is 1.11 bits per heavy atom. The summed E-state index contributed by atoms with van der Waals surface area (Å²) in [4.78, 5) is 0. The van der Waals surface area contributed by atoms with Gasteiger partial charge in [0.05, 0.1) is 13.2 Å². The van der Waals surface area contributed by atoms with Crippen LogP contribution in [0.4, 0.5) is 0 Å². The molecule has 1 aliphatic rings. The van der Waals surface area contributed by atoms with E-state index in [4.69, 9.17) is 4.74 Å². The third-order valence-electron chi connectivity index (χ3n) is 4.21. The molecule has 2 aromatic rings. The van der Waals surface area contributed by atoms with Gasteiger partial charge in [-0.25, -0.2) is 0 Å². The van der Waals surface area contributed by atoms with E-state index in [1.807, 2.05) is 19.1 Å². The Hall–Kier alpha value is -1.54. The maximum atomic E-state index is 9.93. The summed E-state index contributed by atoms with van der Waals surface area (Å²) in [5, 5.41) is 12.3. The van der Waals surface area contributed by atoms with Gasteiger partial charge in [0, 0.05) is 5.41 Å². The molecule has 0 saturated heterocycles. The van der Waals surface area contributed by atoms with Gasteiger partial charge in [-0.2, -0.15) is 0 Å².